The molecule has 1 aromatic heterocycles. The molecule has 3 aromatic rings. The third-order valence-corrected chi connectivity index (χ3v) is 6.06. The van der Waals surface area contributed by atoms with Gasteiger partial charge in [0.15, 0.2) is 0 Å². The second-order valence-corrected chi connectivity index (χ2v) is 9.21. The number of nitrogens with zero attached hydrogens (tertiary/aromatic N) is 1. The summed E-state index contributed by atoms with van der Waals surface area (Å²) >= 11 is 3.54. The summed E-state index contributed by atoms with van der Waals surface area (Å²) < 4.78 is 21.5. The van der Waals surface area contributed by atoms with Gasteiger partial charge in [0.25, 0.3) is 0 Å². The molecule has 0 fully saturated rings. The first-order valence-corrected chi connectivity index (χ1v) is 10.5. The second-order valence-electron chi connectivity index (χ2n) is 8.30. The molecule has 0 spiro atoms. The SMILES string of the molecule is COc1cc(Br)ccc1[C@@H]1c2[nH]c3ccccc3c2C[C@@H](C)N1CC(C)(C)F. The summed E-state index contributed by atoms with van der Waals surface area (Å²) in [5.74, 6) is 0.805. The number of hydrogen-bond acceptors (Lipinski definition) is 2. The zero-order valence-corrected chi connectivity index (χ0v) is 18.3. The minimum absolute atomic E-state index is 0.0933. The molecule has 1 aliphatic heterocycles. The Hall–Kier alpha value is -1.85. The van der Waals surface area contributed by atoms with E-state index in [1.165, 1.54) is 10.9 Å². The lowest BCUT2D eigenvalue weighted by atomic mass is 9.87. The minimum atomic E-state index is -1.29. The van der Waals surface area contributed by atoms with Crippen molar-refractivity contribution in [3.8, 4) is 5.75 Å². The van der Waals surface area contributed by atoms with Gasteiger partial charge in [-0.05, 0) is 51.0 Å². The van der Waals surface area contributed by atoms with Gasteiger partial charge in [-0.3, -0.25) is 4.90 Å². The highest BCUT2D eigenvalue weighted by molar-refractivity contribution is 9.10. The molecule has 1 aliphatic rings. The van der Waals surface area contributed by atoms with Crippen molar-refractivity contribution < 1.29 is 9.13 Å². The lowest BCUT2D eigenvalue weighted by Crippen LogP contribution is -2.47. The number of hydrogen-bond donors (Lipinski definition) is 1. The highest BCUT2D eigenvalue weighted by Crippen LogP contribution is 2.44. The van der Waals surface area contributed by atoms with Gasteiger partial charge in [-0.25, -0.2) is 4.39 Å². The van der Waals surface area contributed by atoms with Crippen molar-refractivity contribution in [2.45, 2.75) is 44.9 Å². The molecule has 0 saturated carbocycles. The van der Waals surface area contributed by atoms with Crippen molar-refractivity contribution >= 4 is 26.8 Å². The van der Waals surface area contributed by atoms with Crippen molar-refractivity contribution in [1.29, 1.82) is 0 Å². The molecule has 28 heavy (non-hydrogen) atoms. The number of alkyl halides is 1. The maximum absolute atomic E-state index is 14.8. The molecule has 3 nitrogen and oxygen atoms in total. The van der Waals surface area contributed by atoms with E-state index in [1.54, 1.807) is 21.0 Å². The number of H-pyrrole nitrogens is 1. The van der Waals surface area contributed by atoms with Crippen LogP contribution < -0.4 is 4.74 Å². The average molecular weight is 445 g/mol. The fourth-order valence-electron chi connectivity index (χ4n) is 4.43. The van der Waals surface area contributed by atoms with Crippen LogP contribution in [-0.2, 0) is 6.42 Å². The van der Waals surface area contributed by atoms with Crippen LogP contribution in [0.15, 0.2) is 46.9 Å². The van der Waals surface area contributed by atoms with E-state index >= 15 is 0 Å². The minimum Gasteiger partial charge on any atom is -0.496 e. The van der Waals surface area contributed by atoms with Gasteiger partial charge in [-0.15, -0.1) is 0 Å². The first kappa shape index (κ1) is 19.5. The molecule has 1 N–H and O–H groups in total. The van der Waals surface area contributed by atoms with E-state index in [2.05, 4.69) is 57.0 Å². The molecule has 2 atom stereocenters. The number of aromatic nitrogens is 1. The Morgan fingerprint density at radius 3 is 2.71 bits per heavy atom. The van der Waals surface area contributed by atoms with Gasteiger partial charge in [-0.2, -0.15) is 0 Å². The molecule has 5 heteroatoms. The van der Waals surface area contributed by atoms with Crippen LogP contribution in [0.4, 0.5) is 4.39 Å². The van der Waals surface area contributed by atoms with Crippen molar-refractivity contribution in [3.63, 3.8) is 0 Å². The first-order valence-electron chi connectivity index (χ1n) is 9.66. The molecule has 0 amide bonds. The van der Waals surface area contributed by atoms with Crippen LogP contribution in [0.1, 0.15) is 43.6 Å². The Labute approximate surface area is 174 Å². The number of rotatable bonds is 4. The summed E-state index contributed by atoms with van der Waals surface area (Å²) in [5.41, 5.74) is 3.35. The summed E-state index contributed by atoms with van der Waals surface area (Å²) in [4.78, 5) is 5.90. The van der Waals surface area contributed by atoms with E-state index in [9.17, 15) is 4.39 Å². The average Bonchev–Trinajstić information content (AvgIpc) is 3.00. The highest BCUT2D eigenvalue weighted by atomic mass is 79.9. The lowest BCUT2D eigenvalue weighted by Gasteiger charge is -2.43. The molecule has 148 valence electrons. The first-order chi connectivity index (χ1) is 13.3. The number of fused-ring (bicyclic) bond motifs is 3. The molecule has 0 bridgehead atoms. The topological polar surface area (TPSA) is 28.3 Å². The number of aromatic amines is 1. The molecule has 0 radical (unpaired) electrons. The molecule has 2 aromatic carbocycles. The van der Waals surface area contributed by atoms with Gasteiger partial charge in [0.2, 0.25) is 0 Å². The van der Waals surface area contributed by atoms with Crippen LogP contribution in [0, 0.1) is 0 Å². The van der Waals surface area contributed by atoms with Crippen LogP contribution in [0.3, 0.4) is 0 Å². The number of para-hydroxylation sites is 1. The molecule has 0 aliphatic carbocycles. The van der Waals surface area contributed by atoms with Gasteiger partial charge in [-0.1, -0.05) is 40.2 Å². The van der Waals surface area contributed by atoms with Crippen LogP contribution in [0.5, 0.6) is 5.75 Å². The van der Waals surface area contributed by atoms with E-state index in [4.69, 9.17) is 4.74 Å². The quantitative estimate of drug-likeness (QED) is 0.532. The smallest absolute Gasteiger partial charge is 0.125 e. The fourth-order valence-corrected chi connectivity index (χ4v) is 4.77. The lowest BCUT2D eigenvalue weighted by molar-refractivity contribution is 0.0659. The number of methoxy groups -OCH3 is 1. The van der Waals surface area contributed by atoms with Crippen LogP contribution in [-0.4, -0.2) is 35.2 Å². The van der Waals surface area contributed by atoms with E-state index < -0.39 is 5.67 Å². The maximum Gasteiger partial charge on any atom is 0.125 e. The van der Waals surface area contributed by atoms with Gasteiger partial charge in [0.1, 0.15) is 11.4 Å². The Kier molecular flexibility index (Phi) is 5.00. The van der Waals surface area contributed by atoms with E-state index in [0.29, 0.717) is 6.54 Å². The Bertz CT molecular complexity index is 1010. The largest absolute Gasteiger partial charge is 0.496 e. The summed E-state index contributed by atoms with van der Waals surface area (Å²) in [5, 5.41) is 1.25. The standard InChI is InChI=1S/C23H26BrFN2O/c1-14-11-18-16-7-5-6-8-19(16)26-21(18)22(27(14)13-23(2,3)25)17-10-9-15(24)12-20(17)28-4/h5-10,12,14,22,26H,11,13H2,1-4H3/t14-,22-/m1/s1. The number of nitrogens with one attached hydrogen (secondary N) is 1. The van der Waals surface area contributed by atoms with E-state index in [1.807, 2.05) is 18.2 Å². The molecule has 2 heterocycles. The summed E-state index contributed by atoms with van der Waals surface area (Å²) in [6.07, 6.45) is 0.894. The van der Waals surface area contributed by atoms with Crippen molar-refractivity contribution in [3.05, 3.63) is 63.8 Å². The maximum atomic E-state index is 14.8. The predicted molar refractivity (Wildman–Crippen MR) is 116 cm³/mol. The summed E-state index contributed by atoms with van der Waals surface area (Å²) in [6.45, 7) is 5.84. The predicted octanol–water partition coefficient (Wildman–Crippen LogP) is 6.02. The number of benzene rings is 2. The molecule has 0 saturated heterocycles. The Morgan fingerprint density at radius 1 is 1.25 bits per heavy atom. The normalized spacial score (nSPS) is 20.4. The number of halogens is 2. The zero-order valence-electron chi connectivity index (χ0n) is 16.7. The van der Waals surface area contributed by atoms with Crippen molar-refractivity contribution in [2.24, 2.45) is 0 Å². The number of ether oxygens (including phenoxy) is 1. The van der Waals surface area contributed by atoms with E-state index in [0.717, 1.165) is 33.4 Å². The third-order valence-electron chi connectivity index (χ3n) is 5.57. The molecular formula is C23H26BrFN2O. The molecule has 0 unspecified atom stereocenters. The fraction of sp³-hybridized carbons (Fsp3) is 0.391. The van der Waals surface area contributed by atoms with Crippen LogP contribution in [0.2, 0.25) is 0 Å². The third kappa shape index (κ3) is 3.46. The summed E-state index contributed by atoms with van der Waals surface area (Å²) in [6, 6.07) is 14.6. The van der Waals surface area contributed by atoms with Crippen LogP contribution >= 0.6 is 15.9 Å². The van der Waals surface area contributed by atoms with E-state index in [-0.39, 0.29) is 12.1 Å². The zero-order chi connectivity index (χ0) is 20.1. The van der Waals surface area contributed by atoms with Gasteiger partial charge in [0, 0.05) is 39.2 Å². The Balaban J connectivity index is 1.95. The van der Waals surface area contributed by atoms with Crippen molar-refractivity contribution in [2.75, 3.05) is 13.7 Å². The second kappa shape index (κ2) is 7.20. The van der Waals surface area contributed by atoms with Gasteiger partial charge < -0.3 is 9.72 Å². The van der Waals surface area contributed by atoms with Gasteiger partial charge in [0.05, 0.1) is 13.2 Å². The highest BCUT2D eigenvalue weighted by Gasteiger charge is 2.39. The Morgan fingerprint density at radius 2 is 2.00 bits per heavy atom. The van der Waals surface area contributed by atoms with Crippen molar-refractivity contribution in [1.82, 2.24) is 9.88 Å². The molecule has 4 rings (SSSR count). The molecular weight excluding hydrogens is 419 g/mol. The monoisotopic (exact) mass is 444 g/mol. The summed E-state index contributed by atoms with van der Waals surface area (Å²) in [7, 11) is 1.69. The van der Waals surface area contributed by atoms with Gasteiger partial charge >= 0.3 is 0 Å². The van der Waals surface area contributed by atoms with Crippen LogP contribution in [0.25, 0.3) is 10.9 Å².